The number of carbonyl (C=O) groups excluding carboxylic acids is 1. The molecule has 2 aromatic heterocycles. The molecule has 2 aliphatic rings. The summed E-state index contributed by atoms with van der Waals surface area (Å²) in [5.74, 6) is -5.53. The van der Waals surface area contributed by atoms with Gasteiger partial charge >= 0.3 is 6.09 Å². The maximum Gasteiger partial charge on any atom is 0.410 e. The molecule has 15 heteroatoms. The highest BCUT2D eigenvalue weighted by Crippen LogP contribution is 2.50. The number of halogens is 3. The van der Waals surface area contributed by atoms with Crippen LogP contribution in [0.25, 0.3) is 0 Å². The molecule has 2 aliphatic heterocycles. The minimum Gasteiger partial charge on any atom is -0.465 e. The fourth-order valence-electron chi connectivity index (χ4n) is 4.70. The molecule has 0 aromatic carbocycles. The van der Waals surface area contributed by atoms with Crippen molar-refractivity contribution in [3.8, 4) is 6.07 Å². The highest BCUT2D eigenvalue weighted by atomic mass is 32.3. The van der Waals surface area contributed by atoms with Crippen LogP contribution in [0, 0.1) is 17.1 Å². The Kier molecular flexibility index (Phi) is 6.53. The number of fused-ring (bicyclic) bond motifs is 1. The average Bonchev–Trinajstić information content (AvgIpc) is 2.85. The van der Waals surface area contributed by atoms with Crippen LogP contribution in [-0.2, 0) is 15.7 Å². The van der Waals surface area contributed by atoms with Crippen molar-refractivity contribution in [3.05, 3.63) is 53.2 Å². The number of anilines is 1. The third-order valence-electron chi connectivity index (χ3n) is 6.82. The van der Waals surface area contributed by atoms with Crippen LogP contribution < -0.4 is 15.4 Å². The number of aliphatic imine (C=N–C) groups is 1. The van der Waals surface area contributed by atoms with Crippen molar-refractivity contribution in [2.24, 2.45) is 4.99 Å². The van der Waals surface area contributed by atoms with Crippen LogP contribution >= 0.6 is 0 Å². The Morgan fingerprint density at radius 3 is 2.53 bits per heavy atom. The quantitative estimate of drug-likeness (QED) is 0.365. The third kappa shape index (κ3) is 4.50. The van der Waals surface area contributed by atoms with E-state index in [1.807, 2.05) is 6.07 Å². The summed E-state index contributed by atoms with van der Waals surface area (Å²) in [6.07, 6.45) is -1.27. The van der Waals surface area contributed by atoms with E-state index in [9.17, 15) is 27.7 Å². The van der Waals surface area contributed by atoms with Gasteiger partial charge in [0.05, 0.1) is 22.1 Å². The molecular weight excluding hydrogens is 527 g/mol. The third-order valence-corrected chi connectivity index (χ3v) is 10.9. The van der Waals surface area contributed by atoms with Crippen molar-refractivity contribution in [1.29, 1.82) is 5.26 Å². The van der Waals surface area contributed by atoms with Crippen molar-refractivity contribution in [2.45, 2.75) is 48.7 Å². The molecule has 11 nitrogen and oxygen atoms in total. The van der Waals surface area contributed by atoms with E-state index in [2.05, 4.69) is 30.3 Å². The van der Waals surface area contributed by atoms with E-state index in [0.717, 1.165) is 12.1 Å². The van der Waals surface area contributed by atoms with Crippen LogP contribution in [0.4, 0.5) is 23.8 Å². The molecule has 0 bridgehead atoms. The largest absolute Gasteiger partial charge is 0.465 e. The van der Waals surface area contributed by atoms with Gasteiger partial charge in [0.2, 0.25) is 0 Å². The molecule has 1 saturated heterocycles. The molecule has 0 saturated carbocycles. The standard InChI is InChI=1S/C23H24F3N7O4S/c1-21(2)19(32-20(35)36)33-22(3,15-8-23(25,26)11-29-38(15,21)37)17-13(24)5-7-16(30-17)31-18(34)14-6-4-12(9-27)10-28-14/h4-7,10,15,38H,8,11H2,1-3H3,(H,29,37)(H,32,33)(H,35,36)(H,30,31,34)/t15-,22+/m1/s1. The zero-order valence-corrected chi connectivity index (χ0v) is 21.3. The molecule has 0 spiro atoms. The van der Waals surface area contributed by atoms with Gasteiger partial charge in [-0.25, -0.2) is 27.9 Å². The number of carbonyl (C=O) groups is 2. The van der Waals surface area contributed by atoms with E-state index in [0.29, 0.717) is 0 Å². The van der Waals surface area contributed by atoms with Gasteiger partial charge in [0, 0.05) is 12.6 Å². The number of hydrogen-bond donors (Lipinski definition) is 5. The van der Waals surface area contributed by atoms with Gasteiger partial charge in [0.25, 0.3) is 11.8 Å². The second-order valence-electron chi connectivity index (χ2n) is 9.69. The topological polar surface area (TPSA) is 169 Å². The van der Waals surface area contributed by atoms with E-state index in [-0.39, 0.29) is 22.9 Å². The smallest absolute Gasteiger partial charge is 0.410 e. The van der Waals surface area contributed by atoms with Gasteiger partial charge in [-0.15, -0.1) is 0 Å². The number of nitriles is 1. The van der Waals surface area contributed by atoms with Gasteiger partial charge in [-0.1, -0.05) is 0 Å². The highest BCUT2D eigenvalue weighted by molar-refractivity contribution is 8.04. The Hall–Kier alpha value is -3.90. The van der Waals surface area contributed by atoms with E-state index in [1.54, 1.807) is 0 Å². The number of hydrogen-bond acceptors (Lipinski definition) is 7. The van der Waals surface area contributed by atoms with Crippen LogP contribution in [0.5, 0.6) is 0 Å². The number of nitrogens with one attached hydrogen (secondary N) is 3. The number of amidine groups is 1. The lowest BCUT2D eigenvalue weighted by Crippen LogP contribution is -2.73. The van der Waals surface area contributed by atoms with E-state index >= 15 is 4.39 Å². The molecule has 4 heterocycles. The van der Waals surface area contributed by atoms with Gasteiger partial charge in [-0.3, -0.25) is 24.0 Å². The molecular formula is C23H24F3N7O4S. The van der Waals surface area contributed by atoms with Gasteiger partial charge in [-0.05, 0) is 55.2 Å². The molecule has 0 aliphatic carbocycles. The first-order valence-electron chi connectivity index (χ1n) is 11.3. The second kappa shape index (κ2) is 9.14. The Labute approximate surface area is 216 Å². The molecule has 4 N–H and O–H groups in total. The molecule has 38 heavy (non-hydrogen) atoms. The second-order valence-corrected chi connectivity index (χ2v) is 13.1. The Morgan fingerprint density at radius 1 is 1.21 bits per heavy atom. The minimum atomic E-state index is -3.94. The average molecular weight is 552 g/mol. The zero-order chi connectivity index (χ0) is 28.1. The number of pyridine rings is 2. The fraction of sp³-hybridized carbons (Fsp3) is 0.391. The summed E-state index contributed by atoms with van der Waals surface area (Å²) in [6, 6.07) is 6.60. The summed E-state index contributed by atoms with van der Waals surface area (Å²) in [6.45, 7) is 3.17. The van der Waals surface area contributed by atoms with Crippen LogP contribution in [-0.4, -0.2) is 59.6 Å². The van der Waals surface area contributed by atoms with Gasteiger partial charge in [-0.2, -0.15) is 5.26 Å². The number of amides is 2. The van der Waals surface area contributed by atoms with E-state index < -0.39 is 68.1 Å². The number of alkyl halides is 2. The van der Waals surface area contributed by atoms with Crippen molar-refractivity contribution in [3.63, 3.8) is 0 Å². The lowest BCUT2D eigenvalue weighted by molar-refractivity contribution is -0.0139. The molecule has 4 rings (SSSR count). The van der Waals surface area contributed by atoms with Gasteiger partial charge in [0.15, 0.2) is 0 Å². The van der Waals surface area contributed by atoms with Gasteiger partial charge in [0.1, 0.15) is 40.5 Å². The Morgan fingerprint density at radius 2 is 1.92 bits per heavy atom. The Balaban J connectivity index is 1.82. The molecule has 1 fully saturated rings. The number of nitrogens with zero attached hydrogens (tertiary/aromatic N) is 4. The summed E-state index contributed by atoms with van der Waals surface area (Å²) in [5, 5.41) is 21.3. The molecule has 2 atom stereocenters. The van der Waals surface area contributed by atoms with E-state index in [4.69, 9.17) is 5.26 Å². The predicted octanol–water partition coefficient (Wildman–Crippen LogP) is 2.34. The maximum atomic E-state index is 15.3. The van der Waals surface area contributed by atoms with Crippen molar-refractivity contribution >= 4 is 33.8 Å². The first-order chi connectivity index (χ1) is 17.6. The number of aromatic nitrogens is 2. The lowest BCUT2D eigenvalue weighted by Gasteiger charge is -2.57. The molecule has 202 valence electrons. The van der Waals surface area contributed by atoms with Crippen LogP contribution in [0.2, 0.25) is 0 Å². The summed E-state index contributed by atoms with van der Waals surface area (Å²) >= 11 is 0. The van der Waals surface area contributed by atoms with Crippen molar-refractivity contribution in [1.82, 2.24) is 20.0 Å². The first kappa shape index (κ1) is 27.1. The summed E-state index contributed by atoms with van der Waals surface area (Å²) in [4.78, 5) is 36.5. The molecule has 0 unspecified atom stereocenters. The first-order valence-corrected chi connectivity index (χ1v) is 13.1. The van der Waals surface area contributed by atoms with Crippen molar-refractivity contribution < 1.29 is 32.1 Å². The molecule has 2 aromatic rings. The van der Waals surface area contributed by atoms with E-state index in [1.165, 1.54) is 39.1 Å². The predicted molar refractivity (Wildman–Crippen MR) is 132 cm³/mol. The van der Waals surface area contributed by atoms with Crippen LogP contribution in [0.1, 0.15) is 48.9 Å². The van der Waals surface area contributed by atoms with Crippen LogP contribution in [0.3, 0.4) is 0 Å². The summed E-state index contributed by atoms with van der Waals surface area (Å²) < 4.78 is 59.8. The molecule has 0 radical (unpaired) electrons. The highest BCUT2D eigenvalue weighted by Gasteiger charge is 2.62. The maximum absolute atomic E-state index is 15.3. The number of rotatable bonds is 3. The fourth-order valence-corrected chi connectivity index (χ4v) is 8.40. The summed E-state index contributed by atoms with van der Waals surface area (Å²) in [5.41, 5.74) is -2.37. The Bertz CT molecular complexity index is 1440. The normalized spacial score (nSPS) is 25.6. The van der Waals surface area contributed by atoms with Crippen molar-refractivity contribution in [2.75, 3.05) is 11.9 Å². The zero-order valence-electron chi connectivity index (χ0n) is 20.4. The molecule has 2 amide bonds. The number of carboxylic acid groups (broad SMARTS) is 1. The number of thiol groups is 1. The minimum absolute atomic E-state index is 0.0751. The lowest BCUT2D eigenvalue weighted by atomic mass is 9.88. The van der Waals surface area contributed by atoms with Gasteiger partial charge < -0.3 is 10.4 Å². The monoisotopic (exact) mass is 551 g/mol. The summed E-state index contributed by atoms with van der Waals surface area (Å²) in [7, 11) is -3.94. The van der Waals surface area contributed by atoms with Crippen LogP contribution in [0.15, 0.2) is 35.5 Å². The SMILES string of the molecule is CC1(C)C(NC(=O)O)=N[C@](C)(c2nc(NC(=O)c3ccc(C#N)cn3)ccc2F)[C@H]2CC(F)(F)CN[SH]21=O.